The first-order chi connectivity index (χ1) is 12.0. The Morgan fingerprint density at radius 1 is 1.20 bits per heavy atom. The number of halogens is 1. The van der Waals surface area contributed by atoms with Gasteiger partial charge in [-0.05, 0) is 43.3 Å². The largest absolute Gasteiger partial charge is 0.361 e. The standard InChI is InChI=1S/C18H18ClN5O/c1-12-15(11-24(22-12)14-8-6-13(19)7-9-14)18(25)21-16-5-4-10-20-17(16)23(2)3/h4-11H,1-3H3,(H,21,25). The summed E-state index contributed by atoms with van der Waals surface area (Å²) in [5.41, 5.74) is 2.63. The molecule has 0 saturated heterocycles. The van der Waals surface area contributed by atoms with Crippen molar-refractivity contribution in [2.75, 3.05) is 24.3 Å². The molecule has 0 aliphatic carbocycles. The lowest BCUT2D eigenvalue weighted by atomic mass is 10.2. The Balaban J connectivity index is 1.87. The van der Waals surface area contributed by atoms with Gasteiger partial charge in [0.25, 0.3) is 5.91 Å². The number of nitrogens with one attached hydrogen (secondary N) is 1. The van der Waals surface area contributed by atoms with Gasteiger partial charge in [-0.3, -0.25) is 4.79 Å². The van der Waals surface area contributed by atoms with Crippen molar-refractivity contribution >= 4 is 29.0 Å². The van der Waals surface area contributed by atoms with E-state index in [4.69, 9.17) is 11.6 Å². The zero-order chi connectivity index (χ0) is 18.0. The molecule has 3 aromatic rings. The van der Waals surface area contributed by atoms with Gasteiger partial charge in [-0.25, -0.2) is 9.67 Å². The molecule has 0 unspecified atom stereocenters. The zero-order valence-electron chi connectivity index (χ0n) is 14.2. The van der Waals surface area contributed by atoms with E-state index < -0.39 is 0 Å². The normalized spacial score (nSPS) is 10.6. The Kier molecular flexibility index (Phi) is 4.72. The van der Waals surface area contributed by atoms with Crippen LogP contribution in [-0.4, -0.2) is 34.8 Å². The maximum atomic E-state index is 12.7. The van der Waals surface area contributed by atoms with Crippen LogP contribution in [0.3, 0.4) is 0 Å². The monoisotopic (exact) mass is 355 g/mol. The van der Waals surface area contributed by atoms with Crippen molar-refractivity contribution in [2.24, 2.45) is 0 Å². The summed E-state index contributed by atoms with van der Waals surface area (Å²) in [4.78, 5) is 18.8. The number of amides is 1. The molecule has 0 spiro atoms. The molecule has 128 valence electrons. The number of hydrogen-bond acceptors (Lipinski definition) is 4. The van der Waals surface area contributed by atoms with Crippen LogP contribution in [0.15, 0.2) is 48.8 Å². The first-order valence-corrected chi connectivity index (χ1v) is 8.09. The summed E-state index contributed by atoms with van der Waals surface area (Å²) >= 11 is 5.91. The van der Waals surface area contributed by atoms with Gasteiger partial charge in [0.05, 0.1) is 22.6 Å². The third kappa shape index (κ3) is 3.64. The second kappa shape index (κ2) is 6.94. The average molecular weight is 356 g/mol. The highest BCUT2D eigenvalue weighted by atomic mass is 35.5. The van der Waals surface area contributed by atoms with Crippen molar-refractivity contribution in [3.8, 4) is 5.69 Å². The third-order valence-corrected chi connectivity index (χ3v) is 3.95. The molecule has 0 saturated carbocycles. The third-order valence-electron chi connectivity index (χ3n) is 3.69. The van der Waals surface area contributed by atoms with E-state index in [-0.39, 0.29) is 5.91 Å². The van der Waals surface area contributed by atoms with Gasteiger partial charge in [0.15, 0.2) is 5.82 Å². The minimum Gasteiger partial charge on any atom is -0.361 e. The molecular weight excluding hydrogens is 338 g/mol. The van der Waals surface area contributed by atoms with Gasteiger partial charge in [-0.1, -0.05) is 11.6 Å². The summed E-state index contributed by atoms with van der Waals surface area (Å²) in [6.45, 7) is 1.80. The number of aryl methyl sites for hydroxylation is 1. The van der Waals surface area contributed by atoms with Gasteiger partial charge in [0.2, 0.25) is 0 Å². The van der Waals surface area contributed by atoms with Crippen LogP contribution in [0.5, 0.6) is 0 Å². The highest BCUT2D eigenvalue weighted by Gasteiger charge is 2.16. The fraction of sp³-hybridized carbons (Fsp3) is 0.167. The van der Waals surface area contributed by atoms with Gasteiger partial charge >= 0.3 is 0 Å². The number of rotatable bonds is 4. The van der Waals surface area contributed by atoms with Crippen LogP contribution in [0.25, 0.3) is 5.69 Å². The SMILES string of the molecule is Cc1nn(-c2ccc(Cl)cc2)cc1C(=O)Nc1cccnc1N(C)C. The molecule has 0 fully saturated rings. The smallest absolute Gasteiger partial charge is 0.259 e. The number of aromatic nitrogens is 3. The van der Waals surface area contributed by atoms with E-state index in [1.165, 1.54) is 0 Å². The van der Waals surface area contributed by atoms with Crippen molar-refractivity contribution in [3.63, 3.8) is 0 Å². The molecule has 0 radical (unpaired) electrons. The molecule has 0 atom stereocenters. The molecule has 1 amide bonds. The first-order valence-electron chi connectivity index (χ1n) is 7.71. The molecule has 1 aromatic carbocycles. The van der Waals surface area contributed by atoms with E-state index in [2.05, 4.69) is 15.4 Å². The Morgan fingerprint density at radius 3 is 2.60 bits per heavy atom. The molecule has 0 aliphatic rings. The van der Waals surface area contributed by atoms with Crippen molar-refractivity contribution in [3.05, 3.63) is 65.1 Å². The maximum Gasteiger partial charge on any atom is 0.259 e. The number of anilines is 2. The average Bonchev–Trinajstić information content (AvgIpc) is 2.97. The van der Waals surface area contributed by atoms with Crippen molar-refractivity contribution < 1.29 is 4.79 Å². The van der Waals surface area contributed by atoms with Crippen LogP contribution >= 0.6 is 11.6 Å². The van der Waals surface area contributed by atoms with Crippen LogP contribution in [-0.2, 0) is 0 Å². The number of carbonyl (C=O) groups excluding carboxylic acids is 1. The lowest BCUT2D eigenvalue weighted by molar-refractivity contribution is 0.102. The van der Waals surface area contributed by atoms with Crippen LogP contribution < -0.4 is 10.2 Å². The Hall–Kier alpha value is -2.86. The number of benzene rings is 1. The number of carbonyl (C=O) groups is 1. The second-order valence-corrected chi connectivity index (χ2v) is 6.21. The van der Waals surface area contributed by atoms with E-state index in [1.807, 2.05) is 37.2 Å². The van der Waals surface area contributed by atoms with Gasteiger partial charge in [-0.15, -0.1) is 0 Å². The van der Waals surface area contributed by atoms with Crippen molar-refractivity contribution in [1.29, 1.82) is 0 Å². The molecule has 6 nitrogen and oxygen atoms in total. The summed E-state index contributed by atoms with van der Waals surface area (Å²) in [6.07, 6.45) is 3.40. The van der Waals surface area contributed by atoms with Gasteiger partial charge in [0.1, 0.15) is 0 Å². The summed E-state index contributed by atoms with van der Waals surface area (Å²) in [5.74, 6) is 0.465. The quantitative estimate of drug-likeness (QED) is 0.777. The molecule has 7 heteroatoms. The van der Waals surface area contributed by atoms with E-state index in [9.17, 15) is 4.79 Å². The Morgan fingerprint density at radius 2 is 1.92 bits per heavy atom. The Bertz CT molecular complexity index is 902. The van der Waals surface area contributed by atoms with Gasteiger partial charge < -0.3 is 10.2 Å². The lowest BCUT2D eigenvalue weighted by Crippen LogP contribution is -2.18. The number of pyridine rings is 1. The highest BCUT2D eigenvalue weighted by Crippen LogP contribution is 2.22. The van der Waals surface area contributed by atoms with Crippen LogP contribution in [0, 0.1) is 6.92 Å². The van der Waals surface area contributed by atoms with E-state index in [1.54, 1.807) is 42.2 Å². The minimum absolute atomic E-state index is 0.228. The summed E-state index contributed by atoms with van der Waals surface area (Å²) in [6, 6.07) is 10.9. The van der Waals surface area contributed by atoms with E-state index in [0.29, 0.717) is 27.8 Å². The molecule has 3 rings (SSSR count). The summed E-state index contributed by atoms with van der Waals surface area (Å²) in [5, 5.41) is 7.97. The van der Waals surface area contributed by atoms with E-state index in [0.717, 1.165) is 5.69 Å². The number of nitrogens with zero attached hydrogens (tertiary/aromatic N) is 4. The maximum absolute atomic E-state index is 12.7. The first kappa shape index (κ1) is 17.0. The molecule has 25 heavy (non-hydrogen) atoms. The fourth-order valence-electron chi connectivity index (χ4n) is 2.45. The van der Waals surface area contributed by atoms with Crippen LogP contribution in [0.1, 0.15) is 16.1 Å². The van der Waals surface area contributed by atoms with Gasteiger partial charge in [-0.2, -0.15) is 5.10 Å². The predicted molar refractivity (Wildman–Crippen MR) is 99.8 cm³/mol. The van der Waals surface area contributed by atoms with Crippen LogP contribution in [0.4, 0.5) is 11.5 Å². The molecule has 1 N–H and O–H groups in total. The molecular formula is C18H18ClN5O. The topological polar surface area (TPSA) is 63.1 Å². The summed E-state index contributed by atoms with van der Waals surface area (Å²) in [7, 11) is 3.75. The molecule has 0 aliphatic heterocycles. The van der Waals surface area contributed by atoms with Crippen molar-refractivity contribution in [1.82, 2.24) is 14.8 Å². The van der Waals surface area contributed by atoms with E-state index >= 15 is 0 Å². The Labute approximate surface area is 151 Å². The fourth-order valence-corrected chi connectivity index (χ4v) is 2.58. The zero-order valence-corrected chi connectivity index (χ0v) is 14.9. The van der Waals surface area contributed by atoms with Crippen LogP contribution in [0.2, 0.25) is 5.02 Å². The summed E-state index contributed by atoms with van der Waals surface area (Å²) < 4.78 is 1.66. The van der Waals surface area contributed by atoms with Crippen molar-refractivity contribution in [2.45, 2.75) is 6.92 Å². The predicted octanol–water partition coefficient (Wildman–Crippen LogP) is 3.55. The second-order valence-electron chi connectivity index (χ2n) is 5.77. The molecule has 2 heterocycles. The molecule has 0 bridgehead atoms. The minimum atomic E-state index is -0.228. The van der Waals surface area contributed by atoms with Gasteiger partial charge in [0, 0.05) is 31.5 Å². The lowest BCUT2D eigenvalue weighted by Gasteiger charge is -2.16. The number of hydrogen-bond donors (Lipinski definition) is 1. The molecule has 2 aromatic heterocycles. The highest BCUT2D eigenvalue weighted by molar-refractivity contribution is 6.30.